The normalized spacial score (nSPS) is 10.3. The summed E-state index contributed by atoms with van der Waals surface area (Å²) >= 11 is 0. The van der Waals surface area contributed by atoms with Gasteiger partial charge in [0.1, 0.15) is 0 Å². The standard InChI is InChI=1S/C10H17N9/c1-18(2)10-15-8(14-9(16-10)17-11)12-4-7-5-13-19(3)6-7/h5-6H,4,11H2,1-3H3,(H2,12,14,15,16,17). The highest BCUT2D eigenvalue weighted by atomic mass is 15.4. The molecule has 0 amide bonds. The highest BCUT2D eigenvalue weighted by molar-refractivity contribution is 5.42. The number of nitrogens with one attached hydrogen (secondary N) is 2. The van der Waals surface area contributed by atoms with Gasteiger partial charge >= 0.3 is 0 Å². The van der Waals surface area contributed by atoms with E-state index in [4.69, 9.17) is 5.84 Å². The number of hydrogen-bond acceptors (Lipinski definition) is 8. The van der Waals surface area contributed by atoms with Gasteiger partial charge in [-0.2, -0.15) is 20.1 Å². The molecule has 19 heavy (non-hydrogen) atoms. The summed E-state index contributed by atoms with van der Waals surface area (Å²) in [7, 11) is 5.56. The van der Waals surface area contributed by atoms with Gasteiger partial charge in [0.05, 0.1) is 6.20 Å². The van der Waals surface area contributed by atoms with E-state index in [9.17, 15) is 0 Å². The lowest BCUT2D eigenvalue weighted by Crippen LogP contribution is -2.19. The Bertz CT molecular complexity index is 548. The maximum Gasteiger partial charge on any atom is 0.243 e. The van der Waals surface area contributed by atoms with Crippen LogP contribution in [0.25, 0.3) is 0 Å². The summed E-state index contributed by atoms with van der Waals surface area (Å²) in [5.74, 6) is 6.63. The van der Waals surface area contributed by atoms with E-state index in [1.807, 2.05) is 27.3 Å². The number of rotatable bonds is 5. The lowest BCUT2D eigenvalue weighted by molar-refractivity contribution is 0.767. The third kappa shape index (κ3) is 3.28. The van der Waals surface area contributed by atoms with Gasteiger partial charge in [0.25, 0.3) is 0 Å². The topological polar surface area (TPSA) is 110 Å². The fraction of sp³-hybridized carbons (Fsp3) is 0.400. The Labute approximate surface area is 110 Å². The molecule has 2 rings (SSSR count). The van der Waals surface area contributed by atoms with Crippen molar-refractivity contribution in [1.29, 1.82) is 0 Å². The Balaban J connectivity index is 2.12. The second kappa shape index (κ2) is 5.48. The summed E-state index contributed by atoms with van der Waals surface area (Å²) in [6.07, 6.45) is 3.70. The molecule has 0 aliphatic heterocycles. The van der Waals surface area contributed by atoms with Crippen LogP contribution in [0.4, 0.5) is 17.8 Å². The van der Waals surface area contributed by atoms with Crippen molar-refractivity contribution < 1.29 is 0 Å². The fourth-order valence-corrected chi connectivity index (χ4v) is 1.45. The molecule has 2 aromatic rings. The van der Waals surface area contributed by atoms with Crippen LogP contribution in [-0.2, 0) is 13.6 Å². The zero-order valence-corrected chi connectivity index (χ0v) is 11.1. The van der Waals surface area contributed by atoms with E-state index >= 15 is 0 Å². The molecular weight excluding hydrogens is 246 g/mol. The van der Waals surface area contributed by atoms with E-state index in [1.54, 1.807) is 15.8 Å². The van der Waals surface area contributed by atoms with Gasteiger partial charge in [0, 0.05) is 39.4 Å². The minimum atomic E-state index is 0.312. The van der Waals surface area contributed by atoms with Crippen molar-refractivity contribution >= 4 is 17.8 Å². The van der Waals surface area contributed by atoms with Gasteiger partial charge in [-0.3, -0.25) is 10.1 Å². The molecule has 102 valence electrons. The quantitative estimate of drug-likeness (QED) is 0.492. The van der Waals surface area contributed by atoms with Crippen LogP contribution >= 0.6 is 0 Å². The molecule has 0 aliphatic rings. The van der Waals surface area contributed by atoms with Crippen LogP contribution in [0.3, 0.4) is 0 Å². The smallest absolute Gasteiger partial charge is 0.243 e. The summed E-state index contributed by atoms with van der Waals surface area (Å²) in [6, 6.07) is 0. The first-order valence-corrected chi connectivity index (χ1v) is 5.70. The van der Waals surface area contributed by atoms with Crippen LogP contribution in [0.2, 0.25) is 0 Å². The van der Waals surface area contributed by atoms with Gasteiger partial charge in [-0.05, 0) is 0 Å². The Hall–Kier alpha value is -2.42. The molecule has 9 heteroatoms. The van der Waals surface area contributed by atoms with Crippen molar-refractivity contribution in [3.05, 3.63) is 18.0 Å². The second-order valence-corrected chi connectivity index (χ2v) is 4.20. The van der Waals surface area contributed by atoms with Crippen molar-refractivity contribution in [2.45, 2.75) is 6.54 Å². The SMILES string of the molecule is CN(C)c1nc(NN)nc(NCc2cnn(C)c2)n1. The summed E-state index contributed by atoms with van der Waals surface area (Å²) in [4.78, 5) is 14.3. The average Bonchev–Trinajstić information content (AvgIpc) is 2.81. The molecule has 0 fully saturated rings. The third-order valence-electron chi connectivity index (χ3n) is 2.36. The van der Waals surface area contributed by atoms with Crippen LogP contribution < -0.4 is 21.5 Å². The van der Waals surface area contributed by atoms with Crippen LogP contribution in [0.15, 0.2) is 12.4 Å². The Morgan fingerprint density at radius 2 is 2.00 bits per heavy atom. The van der Waals surface area contributed by atoms with Gasteiger partial charge in [-0.25, -0.2) is 5.84 Å². The molecule has 0 atom stereocenters. The van der Waals surface area contributed by atoms with E-state index < -0.39 is 0 Å². The van der Waals surface area contributed by atoms with E-state index in [0.717, 1.165) is 5.56 Å². The van der Waals surface area contributed by atoms with Crippen molar-refractivity contribution in [3.63, 3.8) is 0 Å². The minimum Gasteiger partial charge on any atom is -0.350 e. The highest BCUT2D eigenvalue weighted by Crippen LogP contribution is 2.11. The number of hydrazine groups is 1. The summed E-state index contributed by atoms with van der Waals surface area (Å²) < 4.78 is 1.74. The fourth-order valence-electron chi connectivity index (χ4n) is 1.45. The van der Waals surface area contributed by atoms with E-state index in [2.05, 4.69) is 30.8 Å². The van der Waals surface area contributed by atoms with Gasteiger partial charge < -0.3 is 10.2 Å². The first kappa shape index (κ1) is 13.0. The minimum absolute atomic E-state index is 0.312. The zero-order chi connectivity index (χ0) is 13.8. The Morgan fingerprint density at radius 3 is 2.58 bits per heavy atom. The van der Waals surface area contributed by atoms with Crippen LogP contribution in [0.5, 0.6) is 0 Å². The summed E-state index contributed by atoms with van der Waals surface area (Å²) in [5, 5.41) is 7.20. The van der Waals surface area contributed by atoms with Crippen molar-refractivity contribution in [2.24, 2.45) is 12.9 Å². The number of nitrogens with two attached hydrogens (primary N) is 1. The maximum atomic E-state index is 5.34. The van der Waals surface area contributed by atoms with Crippen LogP contribution in [0, 0.1) is 0 Å². The molecular formula is C10H17N9. The molecule has 2 heterocycles. The van der Waals surface area contributed by atoms with Crippen molar-refractivity contribution in [1.82, 2.24) is 24.7 Å². The predicted octanol–water partition coefficient (Wildman–Crippen LogP) is -0.431. The number of nitrogens with zero attached hydrogens (tertiary/aromatic N) is 6. The van der Waals surface area contributed by atoms with Gasteiger partial charge in [0.15, 0.2) is 0 Å². The number of hydrogen-bond donors (Lipinski definition) is 3. The van der Waals surface area contributed by atoms with E-state index in [-0.39, 0.29) is 0 Å². The zero-order valence-electron chi connectivity index (χ0n) is 11.1. The molecule has 0 spiro atoms. The maximum absolute atomic E-state index is 5.34. The molecule has 0 aliphatic carbocycles. The molecule has 2 aromatic heterocycles. The van der Waals surface area contributed by atoms with Gasteiger partial charge in [-0.15, -0.1) is 0 Å². The molecule has 9 nitrogen and oxygen atoms in total. The highest BCUT2D eigenvalue weighted by Gasteiger charge is 2.07. The molecule has 0 bridgehead atoms. The number of aromatic nitrogens is 5. The first-order chi connectivity index (χ1) is 9.08. The first-order valence-electron chi connectivity index (χ1n) is 5.70. The molecule has 0 saturated heterocycles. The number of aryl methyl sites for hydroxylation is 1. The van der Waals surface area contributed by atoms with E-state index in [0.29, 0.717) is 24.4 Å². The van der Waals surface area contributed by atoms with E-state index in [1.165, 1.54) is 0 Å². The molecule has 0 aromatic carbocycles. The van der Waals surface area contributed by atoms with Crippen LogP contribution in [-0.4, -0.2) is 38.8 Å². The lowest BCUT2D eigenvalue weighted by Gasteiger charge is -2.12. The average molecular weight is 263 g/mol. The second-order valence-electron chi connectivity index (χ2n) is 4.20. The monoisotopic (exact) mass is 263 g/mol. The predicted molar refractivity (Wildman–Crippen MR) is 72.5 cm³/mol. The summed E-state index contributed by atoms with van der Waals surface area (Å²) in [5.41, 5.74) is 3.46. The van der Waals surface area contributed by atoms with Crippen molar-refractivity contribution in [2.75, 3.05) is 29.7 Å². The number of nitrogen functional groups attached to an aromatic ring is 1. The molecule has 4 N–H and O–H groups in total. The third-order valence-corrected chi connectivity index (χ3v) is 2.36. The largest absolute Gasteiger partial charge is 0.350 e. The van der Waals surface area contributed by atoms with Crippen molar-refractivity contribution in [3.8, 4) is 0 Å². The Kier molecular flexibility index (Phi) is 3.76. The summed E-state index contributed by atoms with van der Waals surface area (Å²) in [6.45, 7) is 0.578. The number of anilines is 3. The molecule has 0 unspecified atom stereocenters. The lowest BCUT2D eigenvalue weighted by atomic mass is 10.4. The van der Waals surface area contributed by atoms with Crippen LogP contribution in [0.1, 0.15) is 5.56 Å². The molecule has 0 radical (unpaired) electrons. The van der Waals surface area contributed by atoms with Gasteiger partial charge in [-0.1, -0.05) is 0 Å². The van der Waals surface area contributed by atoms with Gasteiger partial charge in [0.2, 0.25) is 17.8 Å². The Morgan fingerprint density at radius 1 is 1.26 bits per heavy atom. The molecule has 0 saturated carbocycles.